The van der Waals surface area contributed by atoms with Crippen molar-refractivity contribution in [1.29, 1.82) is 0 Å². The third-order valence-electron chi connectivity index (χ3n) is 4.77. The van der Waals surface area contributed by atoms with Gasteiger partial charge >= 0.3 is 0 Å². The number of rotatable bonds is 4. The third kappa shape index (κ3) is 3.57. The molecular formula is C18H23FN4O2. The van der Waals surface area contributed by atoms with Gasteiger partial charge in [0.1, 0.15) is 5.82 Å². The fraction of sp³-hybridized carbons (Fsp3) is 0.444. The van der Waals surface area contributed by atoms with E-state index in [4.69, 9.17) is 10.5 Å². The van der Waals surface area contributed by atoms with Gasteiger partial charge in [-0.15, -0.1) is 0 Å². The standard InChI is InChI=1S/C18H23FN4O2/c1-12(22-17(24)18(20)7-9-25-10-8-18)16-11-21-23(13(16)2)15-5-3-14(19)4-6-15/h3-6,11-12H,7-10,20H2,1-2H3,(H,22,24). The lowest BCUT2D eigenvalue weighted by atomic mass is 9.90. The normalized spacial score (nSPS) is 17.9. The lowest BCUT2D eigenvalue weighted by Gasteiger charge is -2.33. The number of carbonyl (C=O) groups is 1. The van der Waals surface area contributed by atoms with Crippen molar-refractivity contribution in [2.45, 2.75) is 38.3 Å². The Morgan fingerprint density at radius 1 is 1.36 bits per heavy atom. The fourth-order valence-electron chi connectivity index (χ4n) is 3.07. The van der Waals surface area contributed by atoms with Crippen molar-refractivity contribution in [1.82, 2.24) is 15.1 Å². The Balaban J connectivity index is 1.75. The molecule has 3 rings (SSSR count). The first-order chi connectivity index (χ1) is 11.9. The SMILES string of the molecule is Cc1c(C(C)NC(=O)C2(N)CCOCC2)cnn1-c1ccc(F)cc1. The molecular weight excluding hydrogens is 323 g/mol. The number of nitrogens with two attached hydrogens (primary N) is 1. The molecule has 0 aliphatic carbocycles. The topological polar surface area (TPSA) is 82.2 Å². The first-order valence-electron chi connectivity index (χ1n) is 8.39. The van der Waals surface area contributed by atoms with Crippen molar-refractivity contribution in [3.63, 3.8) is 0 Å². The average Bonchev–Trinajstić information content (AvgIpc) is 2.98. The van der Waals surface area contributed by atoms with Gasteiger partial charge in [-0.25, -0.2) is 9.07 Å². The maximum atomic E-state index is 13.1. The summed E-state index contributed by atoms with van der Waals surface area (Å²) in [4.78, 5) is 12.6. The number of carbonyl (C=O) groups excluding carboxylic acids is 1. The quantitative estimate of drug-likeness (QED) is 0.887. The van der Waals surface area contributed by atoms with E-state index < -0.39 is 5.54 Å². The number of hydrogen-bond acceptors (Lipinski definition) is 4. The molecule has 1 aromatic carbocycles. The molecule has 6 nitrogen and oxygen atoms in total. The highest BCUT2D eigenvalue weighted by molar-refractivity contribution is 5.86. The number of aromatic nitrogens is 2. The highest BCUT2D eigenvalue weighted by Crippen LogP contribution is 2.23. The minimum Gasteiger partial charge on any atom is -0.381 e. The Labute approximate surface area is 146 Å². The molecule has 134 valence electrons. The lowest BCUT2D eigenvalue weighted by molar-refractivity contribution is -0.130. The van der Waals surface area contributed by atoms with Crippen LogP contribution in [0.1, 0.15) is 37.1 Å². The minimum absolute atomic E-state index is 0.169. The molecule has 1 amide bonds. The van der Waals surface area contributed by atoms with Crippen LogP contribution >= 0.6 is 0 Å². The molecule has 0 radical (unpaired) electrons. The van der Waals surface area contributed by atoms with Crippen molar-refractivity contribution >= 4 is 5.91 Å². The maximum Gasteiger partial charge on any atom is 0.240 e. The third-order valence-corrected chi connectivity index (χ3v) is 4.77. The number of nitrogens with one attached hydrogen (secondary N) is 1. The Hall–Kier alpha value is -2.25. The van der Waals surface area contributed by atoms with Crippen LogP contribution in [0.3, 0.4) is 0 Å². The number of nitrogens with zero attached hydrogens (tertiary/aromatic N) is 2. The Morgan fingerprint density at radius 3 is 2.64 bits per heavy atom. The van der Waals surface area contributed by atoms with Crippen LogP contribution in [0.15, 0.2) is 30.5 Å². The summed E-state index contributed by atoms with van der Waals surface area (Å²) in [5.41, 5.74) is 7.90. The zero-order valence-electron chi connectivity index (χ0n) is 14.5. The van der Waals surface area contributed by atoms with E-state index in [0.29, 0.717) is 26.1 Å². The van der Waals surface area contributed by atoms with Crippen molar-refractivity contribution in [3.05, 3.63) is 47.5 Å². The van der Waals surface area contributed by atoms with Gasteiger partial charge < -0.3 is 15.8 Å². The highest BCUT2D eigenvalue weighted by Gasteiger charge is 2.36. The number of benzene rings is 1. The largest absolute Gasteiger partial charge is 0.381 e. The van der Waals surface area contributed by atoms with Gasteiger partial charge in [0.2, 0.25) is 5.91 Å². The van der Waals surface area contributed by atoms with Crippen molar-refractivity contribution < 1.29 is 13.9 Å². The predicted octanol–water partition coefficient (Wildman–Crippen LogP) is 2.00. The summed E-state index contributed by atoms with van der Waals surface area (Å²) >= 11 is 0. The van der Waals surface area contributed by atoms with E-state index in [2.05, 4.69) is 10.4 Å². The summed E-state index contributed by atoms with van der Waals surface area (Å²) in [5, 5.41) is 7.35. The monoisotopic (exact) mass is 346 g/mol. The second kappa shape index (κ2) is 6.93. The molecule has 1 aliphatic rings. The lowest BCUT2D eigenvalue weighted by Crippen LogP contribution is -2.57. The van der Waals surface area contributed by atoms with Crippen LogP contribution in [0.25, 0.3) is 5.69 Å². The molecule has 1 aliphatic heterocycles. The zero-order valence-corrected chi connectivity index (χ0v) is 14.5. The maximum absolute atomic E-state index is 13.1. The molecule has 1 unspecified atom stereocenters. The predicted molar refractivity (Wildman–Crippen MR) is 91.8 cm³/mol. The Morgan fingerprint density at radius 2 is 2.00 bits per heavy atom. The van der Waals surface area contributed by atoms with E-state index in [9.17, 15) is 9.18 Å². The minimum atomic E-state index is -0.882. The van der Waals surface area contributed by atoms with Gasteiger partial charge in [0.05, 0.1) is 23.5 Å². The van der Waals surface area contributed by atoms with Gasteiger partial charge in [0.25, 0.3) is 0 Å². The summed E-state index contributed by atoms with van der Waals surface area (Å²) < 4.78 is 20.1. The fourth-order valence-corrected chi connectivity index (χ4v) is 3.07. The number of hydrogen-bond donors (Lipinski definition) is 2. The van der Waals surface area contributed by atoms with Crippen LogP contribution in [-0.2, 0) is 9.53 Å². The van der Waals surface area contributed by atoms with Crippen LogP contribution in [0, 0.1) is 12.7 Å². The van der Waals surface area contributed by atoms with Crippen molar-refractivity contribution in [2.24, 2.45) is 5.73 Å². The number of ether oxygens (including phenoxy) is 1. The van der Waals surface area contributed by atoms with Crippen LogP contribution in [0.5, 0.6) is 0 Å². The molecule has 7 heteroatoms. The van der Waals surface area contributed by atoms with E-state index in [0.717, 1.165) is 16.9 Å². The first kappa shape index (κ1) is 17.6. The van der Waals surface area contributed by atoms with Gasteiger partial charge in [-0.3, -0.25) is 4.79 Å². The van der Waals surface area contributed by atoms with E-state index in [1.54, 1.807) is 23.0 Å². The molecule has 1 aromatic heterocycles. The summed E-state index contributed by atoms with van der Waals surface area (Å²) in [6, 6.07) is 5.89. The number of halogens is 1. The van der Waals surface area contributed by atoms with Gasteiger partial charge in [-0.05, 0) is 51.0 Å². The van der Waals surface area contributed by atoms with E-state index in [1.165, 1.54) is 12.1 Å². The Bertz CT molecular complexity index is 751. The first-order valence-corrected chi connectivity index (χ1v) is 8.39. The second-order valence-corrected chi connectivity index (χ2v) is 6.54. The van der Waals surface area contributed by atoms with Gasteiger partial charge in [-0.1, -0.05) is 0 Å². The molecule has 0 bridgehead atoms. The second-order valence-electron chi connectivity index (χ2n) is 6.54. The highest BCUT2D eigenvalue weighted by atomic mass is 19.1. The molecule has 25 heavy (non-hydrogen) atoms. The smallest absolute Gasteiger partial charge is 0.240 e. The molecule has 2 aromatic rings. The summed E-state index contributed by atoms with van der Waals surface area (Å²) in [6.07, 6.45) is 2.75. The average molecular weight is 346 g/mol. The van der Waals surface area contributed by atoms with E-state index in [-0.39, 0.29) is 17.8 Å². The zero-order chi connectivity index (χ0) is 18.0. The summed E-state index contributed by atoms with van der Waals surface area (Å²) in [5.74, 6) is -0.462. The molecule has 0 saturated carbocycles. The molecule has 0 spiro atoms. The molecule has 1 atom stereocenters. The van der Waals surface area contributed by atoms with Crippen LogP contribution in [-0.4, -0.2) is 34.4 Å². The van der Waals surface area contributed by atoms with E-state index >= 15 is 0 Å². The summed E-state index contributed by atoms with van der Waals surface area (Å²) in [6.45, 7) is 4.82. The number of amides is 1. The molecule has 2 heterocycles. The van der Waals surface area contributed by atoms with Crippen LogP contribution < -0.4 is 11.1 Å². The van der Waals surface area contributed by atoms with Crippen LogP contribution in [0.2, 0.25) is 0 Å². The molecule has 1 fully saturated rings. The Kier molecular flexibility index (Phi) is 4.87. The van der Waals surface area contributed by atoms with E-state index in [1.807, 2.05) is 13.8 Å². The van der Waals surface area contributed by atoms with Crippen LogP contribution in [0.4, 0.5) is 4.39 Å². The summed E-state index contributed by atoms with van der Waals surface area (Å²) in [7, 11) is 0. The van der Waals surface area contributed by atoms with Gasteiger partial charge in [-0.2, -0.15) is 5.10 Å². The van der Waals surface area contributed by atoms with Crippen molar-refractivity contribution in [3.8, 4) is 5.69 Å². The van der Waals surface area contributed by atoms with Crippen molar-refractivity contribution in [2.75, 3.05) is 13.2 Å². The molecule has 3 N–H and O–H groups in total. The molecule has 1 saturated heterocycles. The van der Waals surface area contributed by atoms with Gasteiger partial charge in [0, 0.05) is 24.5 Å². The van der Waals surface area contributed by atoms with Gasteiger partial charge in [0.15, 0.2) is 0 Å².